The maximum atomic E-state index is 12.8. The van der Waals surface area contributed by atoms with Crippen LogP contribution in [0.2, 0.25) is 0 Å². The number of hydrogen-bond donors (Lipinski definition) is 3. The van der Waals surface area contributed by atoms with E-state index in [0.29, 0.717) is 34.5 Å². The van der Waals surface area contributed by atoms with Crippen molar-refractivity contribution in [2.24, 2.45) is 0 Å². The molecule has 1 aliphatic carbocycles. The van der Waals surface area contributed by atoms with Crippen molar-refractivity contribution in [1.29, 1.82) is 5.26 Å². The number of nitrogens with zero attached hydrogens (tertiary/aromatic N) is 5. The van der Waals surface area contributed by atoms with Gasteiger partial charge in [-0.25, -0.2) is 9.97 Å². The lowest BCUT2D eigenvalue weighted by atomic mass is 9.77. The summed E-state index contributed by atoms with van der Waals surface area (Å²) in [7, 11) is -0.398. The summed E-state index contributed by atoms with van der Waals surface area (Å²) in [6, 6.07) is 8.49. The van der Waals surface area contributed by atoms with Crippen LogP contribution in [0.15, 0.2) is 24.4 Å². The standard InChI is InChI=1S/C27H31N8OP/c1-35-14-17-6-4-5-16-9-20(10-18(15-35)24(16)17)31-27-30-13-19(12-28)25(34-27)33-26-21-7-8-29-22(21)11-23(32-26)37(2,3)36/h9-11,13,17,29H,4-8,14-15H2,1-3H3,(H2,30,31,32,33,34). The summed E-state index contributed by atoms with van der Waals surface area (Å²) < 4.78 is 12.8. The number of likely N-dealkylation sites (N-methyl/N-ethyl adjacent to an activating group) is 1. The molecule has 37 heavy (non-hydrogen) atoms. The lowest BCUT2D eigenvalue weighted by Gasteiger charge is -2.37. The van der Waals surface area contributed by atoms with Gasteiger partial charge in [-0.2, -0.15) is 10.2 Å². The molecule has 1 aromatic carbocycles. The van der Waals surface area contributed by atoms with Crippen molar-refractivity contribution in [2.75, 3.05) is 49.4 Å². The van der Waals surface area contributed by atoms with Crippen molar-refractivity contribution in [3.63, 3.8) is 0 Å². The molecule has 4 heterocycles. The Hall–Kier alpha value is -3.47. The molecule has 190 valence electrons. The first-order valence-corrected chi connectivity index (χ1v) is 15.4. The van der Waals surface area contributed by atoms with Gasteiger partial charge in [0.2, 0.25) is 5.95 Å². The molecule has 1 unspecified atom stereocenters. The molecular formula is C27H31N8OP. The molecule has 3 aromatic rings. The first kappa shape index (κ1) is 23.9. The van der Waals surface area contributed by atoms with Gasteiger partial charge in [-0.15, -0.1) is 0 Å². The molecule has 0 bridgehead atoms. The Bertz CT molecular complexity index is 1490. The number of pyridine rings is 1. The second kappa shape index (κ2) is 9.13. The Morgan fingerprint density at radius 3 is 2.78 bits per heavy atom. The normalized spacial score (nSPS) is 18.4. The van der Waals surface area contributed by atoms with Crippen LogP contribution >= 0.6 is 7.14 Å². The van der Waals surface area contributed by atoms with Crippen LogP contribution in [0.4, 0.5) is 29.0 Å². The van der Waals surface area contributed by atoms with Crippen LogP contribution < -0.4 is 21.4 Å². The lowest BCUT2D eigenvalue weighted by Crippen LogP contribution is -2.33. The van der Waals surface area contributed by atoms with Gasteiger partial charge in [-0.3, -0.25) is 0 Å². The molecule has 0 radical (unpaired) electrons. The maximum absolute atomic E-state index is 12.8. The fourth-order valence-electron chi connectivity index (χ4n) is 5.84. The SMILES string of the molecule is CN1Cc2cc(Nc3ncc(C#N)c(Nc4nc(P(C)(C)=O)cc5c4CCN5)n3)cc3c2C(CCC3)C1. The van der Waals surface area contributed by atoms with Crippen molar-refractivity contribution in [3.05, 3.63) is 52.2 Å². The molecule has 0 saturated heterocycles. The van der Waals surface area contributed by atoms with E-state index in [4.69, 9.17) is 0 Å². The van der Waals surface area contributed by atoms with E-state index in [1.54, 1.807) is 13.3 Å². The quantitative estimate of drug-likeness (QED) is 0.428. The molecule has 0 amide bonds. The summed E-state index contributed by atoms with van der Waals surface area (Å²) >= 11 is 0. The van der Waals surface area contributed by atoms with Gasteiger partial charge in [0.25, 0.3) is 0 Å². The van der Waals surface area contributed by atoms with E-state index >= 15 is 0 Å². The monoisotopic (exact) mass is 514 g/mol. The summed E-state index contributed by atoms with van der Waals surface area (Å²) in [5, 5.41) is 19.7. The van der Waals surface area contributed by atoms with Crippen LogP contribution in [0.25, 0.3) is 0 Å². The van der Waals surface area contributed by atoms with Crippen molar-refractivity contribution in [3.8, 4) is 6.07 Å². The third-order valence-corrected chi connectivity index (χ3v) is 8.82. The van der Waals surface area contributed by atoms with Gasteiger partial charge >= 0.3 is 0 Å². The molecule has 1 atom stereocenters. The highest BCUT2D eigenvalue weighted by molar-refractivity contribution is 7.69. The summed E-state index contributed by atoms with van der Waals surface area (Å²) in [5.74, 6) is 1.98. The zero-order valence-corrected chi connectivity index (χ0v) is 22.3. The molecule has 0 saturated carbocycles. The summed E-state index contributed by atoms with van der Waals surface area (Å²) in [5.41, 5.74) is 8.08. The minimum atomic E-state index is -2.58. The van der Waals surface area contributed by atoms with E-state index < -0.39 is 7.14 Å². The van der Waals surface area contributed by atoms with Crippen molar-refractivity contribution < 1.29 is 4.57 Å². The van der Waals surface area contributed by atoms with Crippen LogP contribution in [-0.2, 0) is 24.0 Å². The summed E-state index contributed by atoms with van der Waals surface area (Å²) in [4.78, 5) is 16.2. The average molecular weight is 515 g/mol. The van der Waals surface area contributed by atoms with Crippen LogP contribution in [0, 0.1) is 11.3 Å². The maximum Gasteiger partial charge on any atom is 0.229 e. The van der Waals surface area contributed by atoms with E-state index in [2.05, 4.69) is 61.1 Å². The Labute approximate surface area is 217 Å². The summed E-state index contributed by atoms with van der Waals surface area (Å²) in [6.07, 6.45) is 5.87. The molecule has 10 heteroatoms. The Balaban J connectivity index is 1.34. The predicted molar refractivity (Wildman–Crippen MR) is 147 cm³/mol. The van der Waals surface area contributed by atoms with E-state index in [1.807, 2.05) is 6.07 Å². The number of nitrogens with one attached hydrogen (secondary N) is 3. The van der Waals surface area contributed by atoms with E-state index in [1.165, 1.54) is 35.7 Å². The fraction of sp³-hybridized carbons (Fsp3) is 0.407. The Morgan fingerprint density at radius 2 is 1.97 bits per heavy atom. The predicted octanol–water partition coefficient (Wildman–Crippen LogP) is 4.31. The van der Waals surface area contributed by atoms with E-state index in [-0.39, 0.29) is 0 Å². The molecule has 9 nitrogen and oxygen atoms in total. The van der Waals surface area contributed by atoms with Crippen LogP contribution in [0.3, 0.4) is 0 Å². The highest BCUT2D eigenvalue weighted by atomic mass is 31.2. The average Bonchev–Trinajstić information content (AvgIpc) is 3.33. The minimum absolute atomic E-state index is 0.318. The first-order valence-electron chi connectivity index (χ1n) is 12.8. The topological polar surface area (TPSA) is 119 Å². The molecule has 2 aliphatic heterocycles. The molecule has 0 spiro atoms. The zero-order valence-electron chi connectivity index (χ0n) is 21.4. The number of hydrogen-bond acceptors (Lipinski definition) is 9. The second-order valence-electron chi connectivity index (χ2n) is 10.7. The first-order chi connectivity index (χ1) is 17.8. The number of nitriles is 1. The third-order valence-electron chi connectivity index (χ3n) is 7.49. The van der Waals surface area contributed by atoms with Crippen molar-refractivity contribution >= 4 is 41.5 Å². The number of anilines is 5. The van der Waals surface area contributed by atoms with Gasteiger partial charge in [0, 0.05) is 36.6 Å². The third kappa shape index (κ3) is 4.56. The number of fused-ring (bicyclic) bond motifs is 1. The van der Waals surface area contributed by atoms with Gasteiger partial charge in [0.05, 0.1) is 6.20 Å². The Kier molecular flexibility index (Phi) is 5.89. The zero-order chi connectivity index (χ0) is 25.7. The molecule has 2 aromatic heterocycles. The molecule has 0 fully saturated rings. The van der Waals surface area contributed by atoms with Gasteiger partial charge in [0.1, 0.15) is 30.0 Å². The summed E-state index contributed by atoms with van der Waals surface area (Å²) in [6.45, 7) is 6.26. The smallest absolute Gasteiger partial charge is 0.229 e. The molecular weight excluding hydrogens is 483 g/mol. The largest absolute Gasteiger partial charge is 0.384 e. The van der Waals surface area contributed by atoms with Gasteiger partial charge < -0.3 is 25.4 Å². The van der Waals surface area contributed by atoms with Crippen LogP contribution in [0.5, 0.6) is 0 Å². The lowest BCUT2D eigenvalue weighted by molar-refractivity contribution is 0.266. The van der Waals surface area contributed by atoms with Crippen LogP contribution in [0.1, 0.15) is 46.6 Å². The highest BCUT2D eigenvalue weighted by Crippen LogP contribution is 2.41. The molecule has 6 rings (SSSR count). The van der Waals surface area contributed by atoms with Crippen molar-refractivity contribution in [2.45, 2.75) is 38.1 Å². The molecule has 3 N–H and O–H groups in total. The van der Waals surface area contributed by atoms with Crippen molar-refractivity contribution in [1.82, 2.24) is 19.9 Å². The second-order valence-corrected chi connectivity index (χ2v) is 13.9. The van der Waals surface area contributed by atoms with Crippen LogP contribution in [-0.4, -0.2) is 53.3 Å². The van der Waals surface area contributed by atoms with E-state index in [9.17, 15) is 9.83 Å². The van der Waals surface area contributed by atoms with Gasteiger partial charge in [0.15, 0.2) is 5.82 Å². The van der Waals surface area contributed by atoms with E-state index in [0.717, 1.165) is 49.4 Å². The number of benzene rings is 1. The fourth-order valence-corrected chi connectivity index (χ4v) is 6.62. The molecule has 3 aliphatic rings. The van der Waals surface area contributed by atoms with Gasteiger partial charge in [-0.05, 0) is 86.9 Å². The highest BCUT2D eigenvalue weighted by Gasteiger charge is 2.29. The number of aromatic nitrogens is 3. The minimum Gasteiger partial charge on any atom is -0.384 e. The number of aryl methyl sites for hydroxylation is 1. The van der Waals surface area contributed by atoms with Gasteiger partial charge in [-0.1, -0.05) is 0 Å². The number of rotatable bonds is 5. The Morgan fingerprint density at radius 1 is 1.14 bits per heavy atom.